The van der Waals surface area contributed by atoms with E-state index in [1.54, 1.807) is 20.8 Å². The molecule has 0 fully saturated rings. The first-order valence-corrected chi connectivity index (χ1v) is 9.17. The SMILES string of the molecule is CC1C=C(C(F)(F)F)C=CC1C(NC(=O)NC(C)(C)C)c1ncccc1C(F)(F)F. The van der Waals surface area contributed by atoms with Gasteiger partial charge < -0.3 is 10.6 Å². The summed E-state index contributed by atoms with van der Waals surface area (Å²) in [6.45, 7) is 6.51. The third-order valence-electron chi connectivity index (χ3n) is 4.47. The molecule has 166 valence electrons. The predicted octanol–water partition coefficient (Wildman–Crippen LogP) is 5.55. The number of alkyl halides is 6. The Hall–Kier alpha value is -2.52. The maximum atomic E-state index is 13.6. The number of urea groups is 1. The van der Waals surface area contributed by atoms with Crippen LogP contribution in [0.2, 0.25) is 0 Å². The van der Waals surface area contributed by atoms with E-state index >= 15 is 0 Å². The Morgan fingerprint density at radius 1 is 1.10 bits per heavy atom. The number of nitrogens with zero attached hydrogens (tertiary/aromatic N) is 1. The molecule has 0 bridgehead atoms. The zero-order valence-electron chi connectivity index (χ0n) is 16.8. The van der Waals surface area contributed by atoms with E-state index in [9.17, 15) is 31.1 Å². The topological polar surface area (TPSA) is 54.0 Å². The van der Waals surface area contributed by atoms with E-state index in [-0.39, 0.29) is 0 Å². The molecule has 0 saturated carbocycles. The fourth-order valence-electron chi connectivity index (χ4n) is 3.21. The minimum absolute atomic E-state index is 0.459. The highest BCUT2D eigenvalue weighted by atomic mass is 19.4. The number of pyridine rings is 1. The van der Waals surface area contributed by atoms with Gasteiger partial charge in [-0.1, -0.05) is 25.2 Å². The summed E-state index contributed by atoms with van der Waals surface area (Å²) in [5.41, 5.74) is -3.08. The van der Waals surface area contributed by atoms with Gasteiger partial charge in [0.1, 0.15) is 0 Å². The molecule has 3 atom stereocenters. The van der Waals surface area contributed by atoms with Crippen LogP contribution in [-0.2, 0) is 6.18 Å². The standard InChI is InChI=1S/C20H23F6N3O/c1-11-10-12(19(21,22)23)7-8-13(11)15(28-17(30)29-18(2,3)4)16-14(20(24,25)26)6-5-9-27-16/h5-11,13,15H,1-4H3,(H2,28,29,30). The van der Waals surface area contributed by atoms with Gasteiger partial charge in [0.15, 0.2) is 0 Å². The average Bonchev–Trinajstić information content (AvgIpc) is 2.57. The summed E-state index contributed by atoms with van der Waals surface area (Å²) in [7, 11) is 0. The van der Waals surface area contributed by atoms with E-state index in [1.165, 1.54) is 13.0 Å². The number of halogens is 6. The predicted molar refractivity (Wildman–Crippen MR) is 99.3 cm³/mol. The molecule has 30 heavy (non-hydrogen) atoms. The van der Waals surface area contributed by atoms with Gasteiger partial charge in [0.25, 0.3) is 0 Å². The van der Waals surface area contributed by atoms with E-state index in [0.717, 1.165) is 30.5 Å². The molecule has 2 N–H and O–H groups in total. The summed E-state index contributed by atoms with van der Waals surface area (Å²) in [6.07, 6.45) is -5.25. The smallest absolute Gasteiger partial charge is 0.334 e. The number of hydrogen-bond donors (Lipinski definition) is 2. The summed E-state index contributed by atoms with van der Waals surface area (Å²) in [4.78, 5) is 16.3. The average molecular weight is 435 g/mol. The fourth-order valence-corrected chi connectivity index (χ4v) is 3.21. The Morgan fingerprint density at radius 2 is 1.73 bits per heavy atom. The van der Waals surface area contributed by atoms with Crippen molar-refractivity contribution in [3.05, 3.63) is 53.4 Å². The van der Waals surface area contributed by atoms with Crippen molar-refractivity contribution in [3.8, 4) is 0 Å². The first kappa shape index (κ1) is 23.8. The van der Waals surface area contributed by atoms with Crippen molar-refractivity contribution >= 4 is 6.03 Å². The van der Waals surface area contributed by atoms with Crippen LogP contribution in [0.15, 0.2) is 42.1 Å². The minimum atomic E-state index is -4.75. The molecule has 0 saturated heterocycles. The normalized spacial score (nSPS) is 21.1. The highest BCUT2D eigenvalue weighted by Crippen LogP contribution is 2.41. The van der Waals surface area contributed by atoms with Gasteiger partial charge in [-0.05, 0) is 38.8 Å². The molecule has 1 aliphatic rings. The van der Waals surface area contributed by atoms with Crippen molar-refractivity contribution in [2.75, 3.05) is 0 Å². The summed E-state index contributed by atoms with van der Waals surface area (Å²) < 4.78 is 79.7. The van der Waals surface area contributed by atoms with Crippen molar-refractivity contribution in [2.24, 2.45) is 11.8 Å². The van der Waals surface area contributed by atoms with Crippen LogP contribution >= 0.6 is 0 Å². The summed E-state index contributed by atoms with van der Waals surface area (Å²) in [5.74, 6) is -1.69. The number of hydrogen-bond acceptors (Lipinski definition) is 2. The third kappa shape index (κ3) is 5.99. The molecule has 4 nitrogen and oxygen atoms in total. The molecule has 0 spiro atoms. The molecule has 1 aromatic heterocycles. The summed E-state index contributed by atoms with van der Waals surface area (Å²) >= 11 is 0. The van der Waals surface area contributed by atoms with Crippen molar-refractivity contribution in [3.63, 3.8) is 0 Å². The molecule has 0 aliphatic heterocycles. The minimum Gasteiger partial charge on any atom is -0.334 e. The molecule has 1 heterocycles. The Balaban J connectivity index is 2.48. The highest BCUT2D eigenvalue weighted by molar-refractivity contribution is 5.75. The lowest BCUT2D eigenvalue weighted by atomic mass is 9.79. The molecule has 3 unspecified atom stereocenters. The number of allylic oxidation sites excluding steroid dienone is 3. The Kier molecular flexibility index (Phi) is 6.58. The zero-order chi connectivity index (χ0) is 22.9. The molecule has 1 aliphatic carbocycles. The molecular formula is C20H23F6N3O. The third-order valence-corrected chi connectivity index (χ3v) is 4.47. The molecule has 10 heteroatoms. The van der Waals surface area contributed by atoms with E-state index in [1.807, 2.05) is 0 Å². The van der Waals surface area contributed by atoms with Crippen molar-refractivity contribution < 1.29 is 31.1 Å². The fraction of sp³-hybridized carbons (Fsp3) is 0.500. The van der Waals surface area contributed by atoms with Crippen LogP contribution < -0.4 is 10.6 Å². The molecule has 0 radical (unpaired) electrons. The molecule has 2 rings (SSSR count). The lowest BCUT2D eigenvalue weighted by Crippen LogP contribution is -2.49. The van der Waals surface area contributed by atoms with Crippen LogP contribution in [0, 0.1) is 11.8 Å². The van der Waals surface area contributed by atoms with E-state index in [4.69, 9.17) is 0 Å². The van der Waals surface area contributed by atoms with E-state index in [0.29, 0.717) is 0 Å². The maximum Gasteiger partial charge on any atom is 0.418 e. The largest absolute Gasteiger partial charge is 0.418 e. The van der Waals surface area contributed by atoms with Gasteiger partial charge in [-0.3, -0.25) is 4.98 Å². The van der Waals surface area contributed by atoms with Gasteiger partial charge in [0.2, 0.25) is 0 Å². The van der Waals surface area contributed by atoms with Gasteiger partial charge in [-0.25, -0.2) is 4.79 Å². The van der Waals surface area contributed by atoms with Crippen molar-refractivity contribution in [1.82, 2.24) is 15.6 Å². The van der Waals surface area contributed by atoms with Gasteiger partial charge in [-0.15, -0.1) is 0 Å². The number of aromatic nitrogens is 1. The second-order valence-corrected chi connectivity index (χ2v) is 8.18. The second-order valence-electron chi connectivity index (χ2n) is 8.18. The number of carbonyl (C=O) groups excluding carboxylic acids is 1. The van der Waals surface area contributed by atoms with E-state index < -0.39 is 58.6 Å². The molecular weight excluding hydrogens is 412 g/mol. The monoisotopic (exact) mass is 435 g/mol. The molecule has 2 amide bonds. The maximum absolute atomic E-state index is 13.6. The van der Waals surface area contributed by atoms with Crippen LogP contribution in [0.25, 0.3) is 0 Å². The summed E-state index contributed by atoms with van der Waals surface area (Å²) in [6, 6.07) is -0.118. The quantitative estimate of drug-likeness (QED) is 0.612. The first-order valence-electron chi connectivity index (χ1n) is 9.17. The number of nitrogens with one attached hydrogen (secondary N) is 2. The first-order chi connectivity index (χ1) is 13.6. The highest BCUT2D eigenvalue weighted by Gasteiger charge is 2.41. The lowest BCUT2D eigenvalue weighted by Gasteiger charge is -2.33. The van der Waals surface area contributed by atoms with Crippen LogP contribution in [0.3, 0.4) is 0 Å². The second kappa shape index (κ2) is 8.31. The van der Waals surface area contributed by atoms with Crippen LogP contribution in [0.4, 0.5) is 31.1 Å². The zero-order valence-corrected chi connectivity index (χ0v) is 16.8. The Labute approximate surface area is 170 Å². The Bertz CT molecular complexity index is 836. The number of amides is 2. The lowest BCUT2D eigenvalue weighted by molar-refractivity contribution is -0.138. The van der Waals surface area contributed by atoms with Crippen molar-refractivity contribution in [2.45, 2.75) is 51.6 Å². The summed E-state index contributed by atoms with van der Waals surface area (Å²) in [5, 5.41) is 5.07. The van der Waals surface area contributed by atoms with Gasteiger partial charge in [-0.2, -0.15) is 26.3 Å². The van der Waals surface area contributed by atoms with E-state index in [2.05, 4.69) is 15.6 Å². The molecule has 1 aromatic rings. The van der Waals surface area contributed by atoms with Gasteiger partial charge >= 0.3 is 18.4 Å². The van der Waals surface area contributed by atoms with Crippen LogP contribution in [-0.4, -0.2) is 22.7 Å². The van der Waals surface area contributed by atoms with Crippen molar-refractivity contribution in [1.29, 1.82) is 0 Å². The number of carbonyl (C=O) groups is 1. The number of rotatable bonds is 3. The Morgan fingerprint density at radius 3 is 2.23 bits per heavy atom. The van der Waals surface area contributed by atoms with Crippen LogP contribution in [0.1, 0.15) is 45.0 Å². The van der Waals surface area contributed by atoms with Gasteiger partial charge in [0, 0.05) is 17.7 Å². The van der Waals surface area contributed by atoms with Gasteiger partial charge in [0.05, 0.1) is 22.9 Å². The molecule has 0 aromatic carbocycles. The van der Waals surface area contributed by atoms with Crippen LogP contribution in [0.5, 0.6) is 0 Å².